The first kappa shape index (κ1) is 9.90. The maximum atomic E-state index is 7.95. The monoisotopic (exact) mass is 186 g/mol. The zero-order chi connectivity index (χ0) is 9.19. The molecule has 3 heteroatoms. The molecule has 0 amide bonds. The lowest BCUT2D eigenvalue weighted by atomic mass is 9.94. The molecule has 2 nitrogen and oxygen atoms in total. The molecule has 0 spiro atoms. The molecule has 0 aliphatic carbocycles. The Labute approximate surface area is 79.2 Å². The standard InChI is InChI=1S/C9H18N2S/c1-9(2,3)8(10)11-4-6-12-7-5-11/h10H,4-7H2,1-3H3. The average Bonchev–Trinajstić information content (AvgIpc) is 2.03. The van der Waals surface area contributed by atoms with Crippen molar-refractivity contribution in [2.75, 3.05) is 24.6 Å². The molecule has 1 rings (SSSR count). The summed E-state index contributed by atoms with van der Waals surface area (Å²) in [5.74, 6) is 3.15. The summed E-state index contributed by atoms with van der Waals surface area (Å²) < 4.78 is 0. The molecule has 1 N–H and O–H groups in total. The van der Waals surface area contributed by atoms with Crippen molar-refractivity contribution < 1.29 is 0 Å². The summed E-state index contributed by atoms with van der Waals surface area (Å²) in [5.41, 5.74) is 0.0159. The highest BCUT2D eigenvalue weighted by Gasteiger charge is 2.24. The number of hydrogen-bond donors (Lipinski definition) is 1. The highest BCUT2D eigenvalue weighted by atomic mass is 32.2. The van der Waals surface area contributed by atoms with Gasteiger partial charge >= 0.3 is 0 Å². The molecule has 0 aromatic heterocycles. The molecule has 1 aliphatic rings. The molecule has 70 valence electrons. The van der Waals surface area contributed by atoms with Crippen LogP contribution in [0.25, 0.3) is 0 Å². The second-order valence-corrected chi connectivity index (χ2v) is 5.42. The second kappa shape index (κ2) is 3.69. The van der Waals surface area contributed by atoms with Crippen LogP contribution in [0, 0.1) is 10.8 Å². The van der Waals surface area contributed by atoms with Crippen LogP contribution in [0.3, 0.4) is 0 Å². The Kier molecular flexibility index (Phi) is 3.04. The topological polar surface area (TPSA) is 27.1 Å². The van der Waals surface area contributed by atoms with Gasteiger partial charge in [-0.2, -0.15) is 11.8 Å². The number of hydrogen-bond acceptors (Lipinski definition) is 2. The predicted molar refractivity (Wildman–Crippen MR) is 56.1 cm³/mol. The van der Waals surface area contributed by atoms with Gasteiger partial charge < -0.3 is 4.90 Å². The van der Waals surface area contributed by atoms with Crippen molar-refractivity contribution in [1.29, 1.82) is 5.41 Å². The molecule has 0 saturated carbocycles. The molecule has 0 aromatic carbocycles. The van der Waals surface area contributed by atoms with Gasteiger partial charge in [0.05, 0.1) is 0 Å². The number of amidine groups is 1. The van der Waals surface area contributed by atoms with E-state index in [2.05, 4.69) is 25.7 Å². The second-order valence-electron chi connectivity index (χ2n) is 4.20. The first-order chi connectivity index (χ1) is 5.52. The molecule has 1 heterocycles. The smallest absolute Gasteiger partial charge is 0.101 e. The van der Waals surface area contributed by atoms with Crippen molar-refractivity contribution in [3.05, 3.63) is 0 Å². The van der Waals surface area contributed by atoms with E-state index >= 15 is 0 Å². The Morgan fingerprint density at radius 1 is 1.25 bits per heavy atom. The van der Waals surface area contributed by atoms with E-state index in [1.54, 1.807) is 0 Å². The number of nitrogens with one attached hydrogen (secondary N) is 1. The van der Waals surface area contributed by atoms with Gasteiger partial charge in [-0.25, -0.2) is 0 Å². The minimum Gasteiger partial charge on any atom is -0.358 e. The van der Waals surface area contributed by atoms with Crippen LogP contribution in [0.4, 0.5) is 0 Å². The Morgan fingerprint density at radius 2 is 1.75 bits per heavy atom. The summed E-state index contributed by atoms with van der Waals surface area (Å²) >= 11 is 1.99. The Hall–Kier alpha value is -0.180. The third-order valence-corrected chi connectivity index (χ3v) is 2.98. The van der Waals surface area contributed by atoms with E-state index in [9.17, 15) is 0 Å². The maximum Gasteiger partial charge on any atom is 0.101 e. The fourth-order valence-corrected chi connectivity index (χ4v) is 2.16. The van der Waals surface area contributed by atoms with Gasteiger partial charge in [-0.1, -0.05) is 20.8 Å². The summed E-state index contributed by atoms with van der Waals surface area (Å²) in [6.45, 7) is 8.44. The quantitative estimate of drug-likeness (QED) is 0.463. The van der Waals surface area contributed by atoms with Gasteiger partial charge in [0.15, 0.2) is 0 Å². The molecule has 1 saturated heterocycles. The fourth-order valence-electron chi connectivity index (χ4n) is 1.26. The summed E-state index contributed by atoms with van der Waals surface area (Å²) in [7, 11) is 0. The number of nitrogens with zero attached hydrogens (tertiary/aromatic N) is 1. The van der Waals surface area contributed by atoms with Crippen LogP contribution < -0.4 is 0 Å². The summed E-state index contributed by atoms with van der Waals surface area (Å²) in [5, 5.41) is 7.95. The third kappa shape index (κ3) is 2.41. The van der Waals surface area contributed by atoms with Crippen LogP contribution in [-0.4, -0.2) is 35.3 Å². The largest absolute Gasteiger partial charge is 0.358 e. The normalized spacial score (nSPS) is 19.4. The van der Waals surface area contributed by atoms with Gasteiger partial charge in [-0.05, 0) is 0 Å². The van der Waals surface area contributed by atoms with Gasteiger partial charge in [0, 0.05) is 30.0 Å². The van der Waals surface area contributed by atoms with Crippen molar-refractivity contribution >= 4 is 17.6 Å². The molecule has 0 radical (unpaired) electrons. The lowest BCUT2D eigenvalue weighted by Crippen LogP contribution is -2.43. The third-order valence-electron chi connectivity index (χ3n) is 2.04. The zero-order valence-corrected chi connectivity index (χ0v) is 9.00. The van der Waals surface area contributed by atoms with E-state index in [1.807, 2.05) is 11.8 Å². The van der Waals surface area contributed by atoms with Crippen LogP contribution in [-0.2, 0) is 0 Å². The van der Waals surface area contributed by atoms with E-state index in [1.165, 1.54) is 11.5 Å². The van der Waals surface area contributed by atoms with Gasteiger partial charge in [-0.15, -0.1) is 0 Å². The highest BCUT2D eigenvalue weighted by molar-refractivity contribution is 7.99. The lowest BCUT2D eigenvalue weighted by molar-refractivity contribution is 0.395. The van der Waals surface area contributed by atoms with E-state index < -0.39 is 0 Å². The minimum absolute atomic E-state index is 0.0159. The molecule has 0 atom stereocenters. The van der Waals surface area contributed by atoms with Gasteiger partial charge in [-0.3, -0.25) is 5.41 Å². The van der Waals surface area contributed by atoms with Crippen molar-refractivity contribution in [1.82, 2.24) is 4.90 Å². The van der Waals surface area contributed by atoms with E-state index in [0.717, 1.165) is 18.9 Å². The minimum atomic E-state index is 0.0159. The van der Waals surface area contributed by atoms with Crippen LogP contribution in [0.15, 0.2) is 0 Å². The Balaban J connectivity index is 2.51. The lowest BCUT2D eigenvalue weighted by Gasteiger charge is -2.34. The molecule has 12 heavy (non-hydrogen) atoms. The van der Waals surface area contributed by atoms with Crippen molar-refractivity contribution in [3.8, 4) is 0 Å². The summed E-state index contributed by atoms with van der Waals surface area (Å²) in [4.78, 5) is 2.20. The summed E-state index contributed by atoms with van der Waals surface area (Å²) in [6, 6.07) is 0. The van der Waals surface area contributed by atoms with Crippen LogP contribution in [0.2, 0.25) is 0 Å². The molecular formula is C9H18N2S. The molecule has 0 aromatic rings. The zero-order valence-electron chi connectivity index (χ0n) is 8.18. The van der Waals surface area contributed by atoms with Gasteiger partial charge in [0.25, 0.3) is 0 Å². The number of thioether (sulfide) groups is 1. The highest BCUT2D eigenvalue weighted by Crippen LogP contribution is 2.20. The SMILES string of the molecule is CC(C)(C)C(=N)N1CCSCC1. The van der Waals surface area contributed by atoms with Crippen LogP contribution in [0.5, 0.6) is 0 Å². The number of rotatable bonds is 0. The molecule has 1 fully saturated rings. The first-order valence-corrected chi connectivity index (χ1v) is 5.59. The molecule has 0 bridgehead atoms. The average molecular weight is 186 g/mol. The molecule has 1 aliphatic heterocycles. The van der Waals surface area contributed by atoms with E-state index in [4.69, 9.17) is 5.41 Å². The van der Waals surface area contributed by atoms with Gasteiger partial charge in [0.1, 0.15) is 5.84 Å². The van der Waals surface area contributed by atoms with E-state index in [-0.39, 0.29) is 5.41 Å². The first-order valence-electron chi connectivity index (χ1n) is 4.43. The van der Waals surface area contributed by atoms with Gasteiger partial charge in [0.2, 0.25) is 0 Å². The van der Waals surface area contributed by atoms with Crippen molar-refractivity contribution in [2.24, 2.45) is 5.41 Å². The molecule has 0 unspecified atom stereocenters. The Morgan fingerprint density at radius 3 is 2.17 bits per heavy atom. The van der Waals surface area contributed by atoms with Crippen molar-refractivity contribution in [2.45, 2.75) is 20.8 Å². The van der Waals surface area contributed by atoms with Crippen LogP contribution >= 0.6 is 11.8 Å². The maximum absolute atomic E-state index is 7.95. The van der Waals surface area contributed by atoms with Crippen molar-refractivity contribution in [3.63, 3.8) is 0 Å². The van der Waals surface area contributed by atoms with Crippen LogP contribution in [0.1, 0.15) is 20.8 Å². The Bertz CT molecular complexity index is 166. The van der Waals surface area contributed by atoms with E-state index in [0.29, 0.717) is 0 Å². The summed E-state index contributed by atoms with van der Waals surface area (Å²) in [6.07, 6.45) is 0. The molecular weight excluding hydrogens is 168 g/mol. The fraction of sp³-hybridized carbons (Fsp3) is 0.889. The predicted octanol–water partition coefficient (Wildman–Crippen LogP) is 2.06.